The summed E-state index contributed by atoms with van der Waals surface area (Å²) in [5.41, 5.74) is 4.56. The van der Waals surface area contributed by atoms with E-state index in [1.165, 1.54) is 5.56 Å². The number of rotatable bonds is 0. The Morgan fingerprint density at radius 1 is 1.00 bits per heavy atom. The molecule has 0 atom stereocenters. The van der Waals surface area contributed by atoms with Gasteiger partial charge in [0, 0.05) is 11.8 Å². The molecule has 0 amide bonds. The lowest BCUT2D eigenvalue weighted by Crippen LogP contribution is -1.86. The molecule has 0 bridgehead atoms. The van der Waals surface area contributed by atoms with E-state index in [-0.39, 0.29) is 0 Å². The van der Waals surface area contributed by atoms with Gasteiger partial charge in [-0.3, -0.25) is 0 Å². The summed E-state index contributed by atoms with van der Waals surface area (Å²) in [5, 5.41) is 9.15. The summed E-state index contributed by atoms with van der Waals surface area (Å²) in [5.74, 6) is 6.28. The minimum absolute atomic E-state index is 0.652. The Morgan fingerprint density at radius 2 is 1.80 bits per heavy atom. The van der Waals surface area contributed by atoms with Crippen LogP contribution in [0.2, 0.25) is 0 Å². The summed E-state index contributed by atoms with van der Waals surface area (Å²) >= 11 is 0. The molecule has 2 heteroatoms. The van der Waals surface area contributed by atoms with Gasteiger partial charge in [-0.15, -0.1) is 0 Å². The van der Waals surface area contributed by atoms with Gasteiger partial charge < -0.3 is 4.40 Å². The standard InChI is InChI=1S/C18H12N2/c1-14-5-7-15(8-6-14)9-10-17-12-16(13-19)18-4-2-3-11-20(17)18/h2-8,11-12H,1H3. The molecule has 2 nitrogen and oxygen atoms in total. The Kier molecular flexibility index (Phi) is 2.99. The summed E-state index contributed by atoms with van der Waals surface area (Å²) < 4.78 is 1.94. The Morgan fingerprint density at radius 3 is 2.55 bits per heavy atom. The van der Waals surface area contributed by atoms with Crippen molar-refractivity contribution in [3.05, 3.63) is 77.1 Å². The lowest BCUT2D eigenvalue weighted by molar-refractivity contribution is 1.17. The van der Waals surface area contributed by atoms with Crippen molar-refractivity contribution in [2.24, 2.45) is 0 Å². The van der Waals surface area contributed by atoms with E-state index in [0.29, 0.717) is 5.56 Å². The molecular formula is C18H12N2. The SMILES string of the molecule is Cc1ccc(C#Cc2cc(C#N)c3ccccn23)cc1. The molecule has 3 rings (SSSR count). The molecule has 3 aromatic rings. The number of fused-ring (bicyclic) bond motifs is 1. The van der Waals surface area contributed by atoms with Crippen LogP contribution in [0.3, 0.4) is 0 Å². The van der Waals surface area contributed by atoms with Gasteiger partial charge in [-0.25, -0.2) is 0 Å². The second kappa shape index (κ2) is 4.96. The first-order valence-electron chi connectivity index (χ1n) is 6.37. The molecular weight excluding hydrogens is 244 g/mol. The lowest BCUT2D eigenvalue weighted by atomic mass is 10.1. The largest absolute Gasteiger partial charge is 0.309 e. The van der Waals surface area contributed by atoms with Gasteiger partial charge in [0.05, 0.1) is 16.8 Å². The molecule has 0 unspecified atom stereocenters. The van der Waals surface area contributed by atoms with E-state index in [0.717, 1.165) is 16.8 Å². The van der Waals surface area contributed by atoms with Crippen molar-refractivity contribution in [2.75, 3.05) is 0 Å². The minimum Gasteiger partial charge on any atom is -0.309 e. The highest BCUT2D eigenvalue weighted by atomic mass is 14.9. The number of benzene rings is 1. The van der Waals surface area contributed by atoms with Crippen LogP contribution in [0.4, 0.5) is 0 Å². The second-order valence-corrected chi connectivity index (χ2v) is 4.63. The summed E-state index contributed by atoms with van der Waals surface area (Å²) in [4.78, 5) is 0. The van der Waals surface area contributed by atoms with Crippen LogP contribution < -0.4 is 0 Å². The minimum atomic E-state index is 0.652. The van der Waals surface area contributed by atoms with E-state index >= 15 is 0 Å². The van der Waals surface area contributed by atoms with Gasteiger partial charge >= 0.3 is 0 Å². The van der Waals surface area contributed by atoms with Crippen molar-refractivity contribution >= 4 is 5.52 Å². The Labute approximate surface area is 117 Å². The average molecular weight is 256 g/mol. The van der Waals surface area contributed by atoms with Crippen LogP contribution in [0.15, 0.2) is 54.7 Å². The zero-order valence-electron chi connectivity index (χ0n) is 11.1. The fraction of sp³-hybridized carbons (Fsp3) is 0.0556. The zero-order valence-corrected chi connectivity index (χ0v) is 11.1. The maximum Gasteiger partial charge on any atom is 0.101 e. The molecule has 0 aliphatic carbocycles. The molecule has 0 aliphatic heterocycles. The molecule has 0 spiro atoms. The maximum absolute atomic E-state index is 9.15. The Hall–Kier alpha value is -2.97. The van der Waals surface area contributed by atoms with Crippen molar-refractivity contribution in [1.29, 1.82) is 5.26 Å². The van der Waals surface area contributed by atoms with Gasteiger partial charge in [0.25, 0.3) is 0 Å². The molecule has 0 aliphatic rings. The van der Waals surface area contributed by atoms with Crippen LogP contribution >= 0.6 is 0 Å². The van der Waals surface area contributed by atoms with Crippen LogP contribution in [0.5, 0.6) is 0 Å². The van der Waals surface area contributed by atoms with Crippen LogP contribution in [0.25, 0.3) is 5.52 Å². The predicted molar refractivity (Wildman–Crippen MR) is 79.3 cm³/mol. The quantitative estimate of drug-likeness (QED) is 0.566. The molecule has 0 saturated carbocycles. The molecule has 0 saturated heterocycles. The number of aryl methyl sites for hydroxylation is 1. The highest BCUT2D eigenvalue weighted by Crippen LogP contribution is 2.15. The summed E-state index contributed by atoms with van der Waals surface area (Å²) in [7, 11) is 0. The first kappa shape index (κ1) is 12.1. The third-order valence-electron chi connectivity index (χ3n) is 3.18. The monoisotopic (exact) mass is 256 g/mol. The fourth-order valence-corrected chi connectivity index (χ4v) is 2.11. The lowest BCUT2D eigenvalue weighted by Gasteiger charge is -1.95. The summed E-state index contributed by atoms with van der Waals surface area (Å²) in [6.07, 6.45) is 1.93. The summed E-state index contributed by atoms with van der Waals surface area (Å²) in [6.45, 7) is 2.05. The van der Waals surface area contributed by atoms with Crippen LogP contribution in [0, 0.1) is 30.1 Å². The van der Waals surface area contributed by atoms with E-state index in [1.54, 1.807) is 0 Å². The molecule has 0 fully saturated rings. The van der Waals surface area contributed by atoms with E-state index in [4.69, 9.17) is 5.26 Å². The third kappa shape index (κ3) is 2.16. The van der Waals surface area contributed by atoms with Gasteiger partial charge in [-0.05, 0) is 43.2 Å². The molecule has 0 radical (unpaired) electrons. The Balaban J connectivity index is 2.08. The fourth-order valence-electron chi connectivity index (χ4n) is 2.11. The van der Waals surface area contributed by atoms with E-state index < -0.39 is 0 Å². The number of nitriles is 1. The normalized spacial score (nSPS) is 9.80. The first-order valence-corrected chi connectivity index (χ1v) is 6.37. The van der Waals surface area contributed by atoms with E-state index in [9.17, 15) is 0 Å². The first-order chi connectivity index (χ1) is 9.78. The molecule has 0 N–H and O–H groups in total. The van der Waals surface area contributed by atoms with Gasteiger partial charge in [-0.1, -0.05) is 29.7 Å². The smallest absolute Gasteiger partial charge is 0.101 e. The van der Waals surface area contributed by atoms with Crippen molar-refractivity contribution in [3.8, 4) is 17.9 Å². The molecule has 1 aromatic carbocycles. The van der Waals surface area contributed by atoms with Gasteiger partial charge in [0.1, 0.15) is 6.07 Å². The maximum atomic E-state index is 9.15. The van der Waals surface area contributed by atoms with E-state index in [2.05, 4.69) is 24.8 Å². The van der Waals surface area contributed by atoms with Crippen LogP contribution in [-0.4, -0.2) is 4.40 Å². The van der Waals surface area contributed by atoms with Crippen molar-refractivity contribution < 1.29 is 0 Å². The highest BCUT2D eigenvalue weighted by molar-refractivity contribution is 5.65. The topological polar surface area (TPSA) is 28.2 Å². The van der Waals surface area contributed by atoms with Crippen molar-refractivity contribution in [2.45, 2.75) is 6.92 Å². The predicted octanol–water partition coefficient (Wildman–Crippen LogP) is 3.52. The number of nitrogens with zero attached hydrogens (tertiary/aromatic N) is 2. The summed E-state index contributed by atoms with van der Waals surface area (Å²) in [6, 6.07) is 17.9. The second-order valence-electron chi connectivity index (χ2n) is 4.63. The number of hydrogen-bond donors (Lipinski definition) is 0. The van der Waals surface area contributed by atoms with Gasteiger partial charge in [0.15, 0.2) is 0 Å². The average Bonchev–Trinajstić information content (AvgIpc) is 2.85. The molecule has 2 heterocycles. The molecule has 20 heavy (non-hydrogen) atoms. The van der Waals surface area contributed by atoms with Gasteiger partial charge in [-0.2, -0.15) is 5.26 Å². The highest BCUT2D eigenvalue weighted by Gasteiger charge is 2.05. The van der Waals surface area contributed by atoms with Crippen LogP contribution in [0.1, 0.15) is 22.4 Å². The number of aromatic nitrogens is 1. The Bertz CT molecular complexity index is 866. The molecule has 94 valence electrons. The molecule has 2 aromatic heterocycles. The zero-order chi connectivity index (χ0) is 13.9. The van der Waals surface area contributed by atoms with Crippen molar-refractivity contribution in [1.82, 2.24) is 4.40 Å². The van der Waals surface area contributed by atoms with Crippen LogP contribution in [-0.2, 0) is 0 Å². The van der Waals surface area contributed by atoms with E-state index in [1.807, 2.05) is 59.1 Å². The van der Waals surface area contributed by atoms with Gasteiger partial charge in [0.2, 0.25) is 0 Å². The number of pyridine rings is 1. The van der Waals surface area contributed by atoms with Crippen molar-refractivity contribution in [3.63, 3.8) is 0 Å². The third-order valence-corrected chi connectivity index (χ3v) is 3.18. The number of hydrogen-bond acceptors (Lipinski definition) is 1.